The molecule has 2 atom stereocenters. The van der Waals surface area contributed by atoms with E-state index in [1.165, 1.54) is 0 Å². The fourth-order valence-electron chi connectivity index (χ4n) is 2.34. The van der Waals surface area contributed by atoms with Crippen molar-refractivity contribution in [2.45, 2.75) is 37.9 Å². The van der Waals surface area contributed by atoms with Gasteiger partial charge in [-0.3, -0.25) is 4.79 Å². The zero-order valence-electron chi connectivity index (χ0n) is 10.3. The van der Waals surface area contributed by atoms with Crippen molar-refractivity contribution in [3.63, 3.8) is 0 Å². The molecule has 2 fully saturated rings. The van der Waals surface area contributed by atoms with Crippen molar-refractivity contribution < 1.29 is 24.2 Å². The predicted octanol–water partition coefficient (Wildman–Crippen LogP) is 0.258. The maximum absolute atomic E-state index is 11.9. The molecular weight excluding hydrogens is 238 g/mol. The van der Waals surface area contributed by atoms with E-state index in [0.717, 1.165) is 25.9 Å². The van der Waals surface area contributed by atoms with Crippen molar-refractivity contribution in [3.8, 4) is 0 Å². The first-order valence-corrected chi connectivity index (χ1v) is 6.40. The third-order valence-electron chi connectivity index (χ3n) is 3.40. The topological polar surface area (TPSA) is 76.1 Å². The van der Waals surface area contributed by atoms with Gasteiger partial charge in [0.1, 0.15) is 0 Å². The number of carbonyl (C=O) groups is 2. The first-order chi connectivity index (χ1) is 8.66. The first kappa shape index (κ1) is 13.3. The second-order valence-corrected chi connectivity index (χ2v) is 4.71. The third-order valence-corrected chi connectivity index (χ3v) is 3.40. The molecule has 1 amide bonds. The molecule has 2 heterocycles. The summed E-state index contributed by atoms with van der Waals surface area (Å²) in [7, 11) is 0. The number of hydrogen-bond donors (Lipinski definition) is 1. The lowest BCUT2D eigenvalue weighted by Crippen LogP contribution is -2.48. The molecule has 0 aromatic heterocycles. The number of amides is 1. The zero-order valence-corrected chi connectivity index (χ0v) is 10.3. The van der Waals surface area contributed by atoms with Crippen LogP contribution in [0.25, 0.3) is 0 Å². The average molecular weight is 257 g/mol. The number of rotatable bonds is 4. The van der Waals surface area contributed by atoms with Gasteiger partial charge in [0.25, 0.3) is 0 Å². The van der Waals surface area contributed by atoms with Crippen LogP contribution in [0, 0.1) is 0 Å². The zero-order chi connectivity index (χ0) is 13.0. The van der Waals surface area contributed by atoms with Crippen LogP contribution in [0.1, 0.15) is 25.7 Å². The fourth-order valence-corrected chi connectivity index (χ4v) is 2.34. The third kappa shape index (κ3) is 3.43. The number of aliphatic carboxylic acids is 1. The van der Waals surface area contributed by atoms with Gasteiger partial charge < -0.3 is 19.5 Å². The number of ether oxygens (including phenoxy) is 2. The Morgan fingerprint density at radius 3 is 2.78 bits per heavy atom. The molecule has 0 aliphatic carbocycles. The molecule has 102 valence electrons. The lowest BCUT2D eigenvalue weighted by Gasteiger charge is -2.31. The smallest absolute Gasteiger partial charge is 0.334 e. The quantitative estimate of drug-likeness (QED) is 0.781. The van der Waals surface area contributed by atoms with Crippen LogP contribution in [0.3, 0.4) is 0 Å². The Kier molecular flexibility index (Phi) is 4.54. The van der Waals surface area contributed by atoms with Crippen molar-refractivity contribution in [2.24, 2.45) is 0 Å². The maximum atomic E-state index is 11.9. The summed E-state index contributed by atoms with van der Waals surface area (Å²) in [5.74, 6) is -1.01. The molecule has 0 aromatic carbocycles. The predicted molar refractivity (Wildman–Crippen MR) is 62.2 cm³/mol. The van der Waals surface area contributed by atoms with Crippen molar-refractivity contribution in [1.82, 2.24) is 4.90 Å². The molecule has 0 spiro atoms. The van der Waals surface area contributed by atoms with Crippen LogP contribution in [0.2, 0.25) is 0 Å². The summed E-state index contributed by atoms with van der Waals surface area (Å²) in [5.41, 5.74) is 0. The van der Waals surface area contributed by atoms with E-state index in [1.54, 1.807) is 4.90 Å². The number of carboxylic acids is 1. The van der Waals surface area contributed by atoms with Gasteiger partial charge in [-0.25, -0.2) is 4.79 Å². The molecule has 2 aliphatic rings. The van der Waals surface area contributed by atoms with Gasteiger partial charge in [0.15, 0.2) is 6.10 Å². The Labute approximate surface area is 106 Å². The molecule has 2 rings (SSSR count). The number of carboxylic acid groups (broad SMARTS) is 1. The second kappa shape index (κ2) is 6.15. The van der Waals surface area contributed by atoms with E-state index in [-0.39, 0.29) is 18.6 Å². The molecule has 2 aliphatic heterocycles. The normalized spacial score (nSPS) is 28.3. The van der Waals surface area contributed by atoms with E-state index < -0.39 is 12.1 Å². The highest BCUT2D eigenvalue weighted by Crippen LogP contribution is 2.18. The van der Waals surface area contributed by atoms with Crippen molar-refractivity contribution in [1.29, 1.82) is 0 Å². The minimum Gasteiger partial charge on any atom is -0.479 e. The summed E-state index contributed by atoms with van der Waals surface area (Å²) >= 11 is 0. The van der Waals surface area contributed by atoms with E-state index in [1.807, 2.05) is 0 Å². The Morgan fingerprint density at radius 1 is 1.28 bits per heavy atom. The lowest BCUT2D eigenvalue weighted by molar-refractivity contribution is -0.159. The van der Waals surface area contributed by atoms with Gasteiger partial charge in [0, 0.05) is 19.6 Å². The molecule has 0 radical (unpaired) electrons. The highest BCUT2D eigenvalue weighted by atomic mass is 16.5. The molecule has 6 heteroatoms. The van der Waals surface area contributed by atoms with E-state index in [0.29, 0.717) is 19.6 Å². The molecule has 18 heavy (non-hydrogen) atoms. The van der Waals surface area contributed by atoms with E-state index in [2.05, 4.69) is 0 Å². The molecule has 2 saturated heterocycles. The van der Waals surface area contributed by atoms with Gasteiger partial charge in [-0.05, 0) is 19.3 Å². The summed E-state index contributed by atoms with van der Waals surface area (Å²) in [6.45, 7) is 1.72. The lowest BCUT2D eigenvalue weighted by atomic mass is 10.1. The number of morpholine rings is 1. The summed E-state index contributed by atoms with van der Waals surface area (Å²) in [6.07, 6.45) is 2.56. The van der Waals surface area contributed by atoms with Crippen LogP contribution in [-0.2, 0) is 19.1 Å². The first-order valence-electron chi connectivity index (χ1n) is 6.40. The van der Waals surface area contributed by atoms with E-state index in [9.17, 15) is 9.59 Å². The summed E-state index contributed by atoms with van der Waals surface area (Å²) in [4.78, 5) is 24.3. The summed E-state index contributed by atoms with van der Waals surface area (Å²) < 4.78 is 10.5. The van der Waals surface area contributed by atoms with Crippen molar-refractivity contribution in [3.05, 3.63) is 0 Å². The Balaban J connectivity index is 1.75. The Bertz CT molecular complexity index is 314. The molecule has 0 unspecified atom stereocenters. The molecular formula is C12H19NO5. The Morgan fingerprint density at radius 2 is 2.11 bits per heavy atom. The van der Waals surface area contributed by atoms with Gasteiger partial charge in [-0.15, -0.1) is 0 Å². The van der Waals surface area contributed by atoms with Crippen molar-refractivity contribution >= 4 is 11.9 Å². The minimum atomic E-state index is -1.01. The fraction of sp³-hybridized carbons (Fsp3) is 0.833. The monoisotopic (exact) mass is 257 g/mol. The SMILES string of the molecule is O=C(O)[C@@H]1CN(C(=O)CC[C@@H]2CCCO2)CCO1. The number of hydrogen-bond acceptors (Lipinski definition) is 4. The van der Waals surface area contributed by atoms with Crippen LogP contribution in [0.15, 0.2) is 0 Å². The van der Waals surface area contributed by atoms with Crippen molar-refractivity contribution in [2.75, 3.05) is 26.3 Å². The van der Waals surface area contributed by atoms with E-state index >= 15 is 0 Å². The molecule has 0 saturated carbocycles. The van der Waals surface area contributed by atoms with Gasteiger partial charge in [0.05, 0.1) is 19.3 Å². The average Bonchev–Trinajstić information content (AvgIpc) is 2.89. The molecule has 6 nitrogen and oxygen atoms in total. The second-order valence-electron chi connectivity index (χ2n) is 4.71. The maximum Gasteiger partial charge on any atom is 0.334 e. The van der Waals surface area contributed by atoms with Crippen LogP contribution in [-0.4, -0.2) is 60.4 Å². The largest absolute Gasteiger partial charge is 0.479 e. The van der Waals surface area contributed by atoms with Gasteiger partial charge in [-0.1, -0.05) is 0 Å². The summed E-state index contributed by atoms with van der Waals surface area (Å²) in [5, 5.41) is 8.86. The van der Waals surface area contributed by atoms with Gasteiger partial charge in [-0.2, -0.15) is 0 Å². The molecule has 0 bridgehead atoms. The number of nitrogens with zero attached hydrogens (tertiary/aromatic N) is 1. The highest BCUT2D eigenvalue weighted by Gasteiger charge is 2.29. The van der Waals surface area contributed by atoms with E-state index in [4.69, 9.17) is 14.6 Å². The van der Waals surface area contributed by atoms with Gasteiger partial charge >= 0.3 is 5.97 Å². The summed E-state index contributed by atoms with van der Waals surface area (Å²) in [6, 6.07) is 0. The minimum absolute atomic E-state index is 0.0000463. The van der Waals surface area contributed by atoms with Crippen LogP contribution >= 0.6 is 0 Å². The van der Waals surface area contributed by atoms with Gasteiger partial charge in [0.2, 0.25) is 5.91 Å². The van der Waals surface area contributed by atoms with Crippen LogP contribution in [0.4, 0.5) is 0 Å². The standard InChI is InChI=1S/C12H19NO5/c14-11(4-3-9-2-1-6-17-9)13-5-7-18-10(8-13)12(15)16/h9-10H,1-8H2,(H,15,16)/t9-,10-/m0/s1. The van der Waals surface area contributed by atoms with Crippen LogP contribution in [0.5, 0.6) is 0 Å². The number of carbonyl (C=O) groups excluding carboxylic acids is 1. The highest BCUT2D eigenvalue weighted by molar-refractivity contribution is 5.78. The molecule has 1 N–H and O–H groups in total. The Hall–Kier alpha value is -1.14. The van der Waals surface area contributed by atoms with Crippen LogP contribution < -0.4 is 0 Å². The molecule has 0 aromatic rings.